The molecule has 3 fully saturated rings. The molecule has 2 aromatic rings. The van der Waals surface area contributed by atoms with E-state index in [0.717, 1.165) is 32.6 Å². The molecule has 5 nitrogen and oxygen atoms in total. The fourth-order valence-electron chi connectivity index (χ4n) is 4.10. The summed E-state index contributed by atoms with van der Waals surface area (Å²) in [6, 6.07) is 14.3. The number of hydrogen-bond acceptors (Lipinski definition) is 4. The third kappa shape index (κ3) is 3.51. The Morgan fingerprint density at radius 2 is 1.92 bits per heavy atom. The fraction of sp³-hybridized carbons (Fsp3) is 0.400. The molecule has 5 rings (SSSR count). The van der Waals surface area contributed by atoms with Gasteiger partial charge < -0.3 is 10.6 Å². The summed E-state index contributed by atoms with van der Waals surface area (Å²) < 4.78 is 0. The highest BCUT2D eigenvalue weighted by atomic mass is 16.2. The normalized spacial score (nSPS) is 23.4. The first-order valence-electron chi connectivity index (χ1n) is 8.98. The van der Waals surface area contributed by atoms with Crippen molar-refractivity contribution in [3.63, 3.8) is 0 Å². The summed E-state index contributed by atoms with van der Waals surface area (Å²) >= 11 is 0. The van der Waals surface area contributed by atoms with E-state index in [1.807, 2.05) is 0 Å². The Bertz CT molecular complexity index is 731. The molecule has 2 bridgehead atoms. The number of benzene rings is 1. The minimum Gasteiger partial charge on any atom is -0.384 e. The van der Waals surface area contributed by atoms with Gasteiger partial charge >= 0.3 is 0 Å². The predicted molar refractivity (Wildman–Crippen MR) is 97.9 cm³/mol. The molecule has 130 valence electrons. The number of hydrogen-bond donors (Lipinski definition) is 1. The highest BCUT2D eigenvalue weighted by molar-refractivity contribution is 5.94. The number of amides is 1. The number of rotatable bonds is 3. The van der Waals surface area contributed by atoms with E-state index in [4.69, 9.17) is 5.73 Å². The van der Waals surface area contributed by atoms with Crippen molar-refractivity contribution in [3.05, 3.63) is 59.8 Å². The molecule has 0 saturated carbocycles. The van der Waals surface area contributed by atoms with Crippen LogP contribution in [-0.2, 0) is 6.54 Å². The second kappa shape index (κ2) is 6.84. The molecule has 25 heavy (non-hydrogen) atoms. The fourth-order valence-corrected chi connectivity index (χ4v) is 4.10. The number of piperidine rings is 1. The van der Waals surface area contributed by atoms with Crippen LogP contribution in [0.5, 0.6) is 0 Å². The molecule has 0 radical (unpaired) electrons. The number of carbonyl (C=O) groups is 1. The van der Waals surface area contributed by atoms with Crippen LogP contribution in [0.4, 0.5) is 5.82 Å². The van der Waals surface area contributed by atoms with Gasteiger partial charge in [0, 0.05) is 38.4 Å². The van der Waals surface area contributed by atoms with Crippen LogP contribution in [0.1, 0.15) is 28.8 Å². The van der Waals surface area contributed by atoms with Crippen molar-refractivity contribution in [2.75, 3.05) is 25.4 Å². The first kappa shape index (κ1) is 16.1. The highest BCUT2D eigenvalue weighted by Gasteiger charge is 2.37. The van der Waals surface area contributed by atoms with Crippen LogP contribution < -0.4 is 5.73 Å². The van der Waals surface area contributed by atoms with Gasteiger partial charge in [0.15, 0.2) is 0 Å². The molecule has 1 aromatic carbocycles. The van der Waals surface area contributed by atoms with E-state index in [1.165, 1.54) is 12.0 Å². The van der Waals surface area contributed by atoms with Gasteiger partial charge in [-0.05, 0) is 36.5 Å². The maximum Gasteiger partial charge on any atom is 0.255 e. The van der Waals surface area contributed by atoms with E-state index >= 15 is 0 Å². The van der Waals surface area contributed by atoms with E-state index in [2.05, 4.69) is 45.1 Å². The third-order valence-corrected chi connectivity index (χ3v) is 5.33. The first-order chi connectivity index (χ1) is 12.2. The van der Waals surface area contributed by atoms with Crippen molar-refractivity contribution in [1.29, 1.82) is 0 Å². The quantitative estimate of drug-likeness (QED) is 0.935. The van der Waals surface area contributed by atoms with Gasteiger partial charge in [0.1, 0.15) is 5.82 Å². The average Bonchev–Trinajstić information content (AvgIpc) is 2.93. The van der Waals surface area contributed by atoms with Crippen molar-refractivity contribution in [2.24, 2.45) is 5.92 Å². The van der Waals surface area contributed by atoms with Crippen LogP contribution in [0.25, 0.3) is 0 Å². The molecule has 3 aliphatic rings. The Kier molecular flexibility index (Phi) is 4.40. The van der Waals surface area contributed by atoms with Gasteiger partial charge in [-0.25, -0.2) is 4.98 Å². The zero-order chi connectivity index (χ0) is 17.2. The van der Waals surface area contributed by atoms with E-state index < -0.39 is 0 Å². The molecule has 1 aromatic heterocycles. The number of carbonyl (C=O) groups excluding carboxylic acids is 1. The molecule has 1 amide bonds. The molecule has 0 spiro atoms. The Balaban J connectivity index is 1.49. The Labute approximate surface area is 148 Å². The minimum absolute atomic E-state index is 0.0868. The molecule has 5 heteroatoms. The van der Waals surface area contributed by atoms with Gasteiger partial charge in [0.25, 0.3) is 5.91 Å². The predicted octanol–water partition coefficient (Wildman–Crippen LogP) is 2.40. The maximum absolute atomic E-state index is 12.9. The Morgan fingerprint density at radius 3 is 2.68 bits per heavy atom. The summed E-state index contributed by atoms with van der Waals surface area (Å²) in [4.78, 5) is 21.6. The number of pyridine rings is 1. The molecule has 2 atom stereocenters. The first-order valence-corrected chi connectivity index (χ1v) is 8.98. The van der Waals surface area contributed by atoms with Crippen LogP contribution in [0.15, 0.2) is 48.7 Å². The zero-order valence-electron chi connectivity index (χ0n) is 14.3. The standard InChI is InChI=1S/C20H24N4O/c21-19-9-7-17(10-22-19)20(25)24-13-16-6-8-18(24)14-23(12-16)11-15-4-2-1-3-5-15/h1-5,7,9-10,16,18H,6,8,11-14H2,(H2,21,22)/t16-,18+/m0/s1. The SMILES string of the molecule is Nc1ccc(C(=O)N2C[C@H]3CC[C@@H]2CN(Cc2ccccc2)C3)cn1. The van der Waals surface area contributed by atoms with Gasteiger partial charge in [-0.3, -0.25) is 9.69 Å². The van der Waals surface area contributed by atoms with E-state index in [1.54, 1.807) is 18.3 Å². The van der Waals surface area contributed by atoms with Crippen molar-refractivity contribution >= 4 is 11.7 Å². The van der Waals surface area contributed by atoms with Crippen LogP contribution in [0.3, 0.4) is 0 Å². The molecule has 3 saturated heterocycles. The van der Waals surface area contributed by atoms with Gasteiger partial charge in [-0.2, -0.15) is 0 Å². The molecule has 3 aliphatic heterocycles. The summed E-state index contributed by atoms with van der Waals surface area (Å²) in [6.07, 6.45) is 3.89. The number of anilines is 1. The number of aromatic nitrogens is 1. The second-order valence-corrected chi connectivity index (χ2v) is 7.21. The topological polar surface area (TPSA) is 62.5 Å². The average molecular weight is 336 g/mol. The lowest BCUT2D eigenvalue weighted by molar-refractivity contribution is 0.0584. The molecule has 2 N–H and O–H groups in total. The molecular formula is C20H24N4O. The largest absolute Gasteiger partial charge is 0.384 e. The lowest BCUT2D eigenvalue weighted by Gasteiger charge is -2.36. The summed E-state index contributed by atoms with van der Waals surface area (Å²) in [5, 5.41) is 0. The third-order valence-electron chi connectivity index (χ3n) is 5.33. The summed E-state index contributed by atoms with van der Waals surface area (Å²) in [7, 11) is 0. The lowest BCUT2D eigenvalue weighted by atomic mass is 9.94. The van der Waals surface area contributed by atoms with Crippen molar-refractivity contribution < 1.29 is 4.79 Å². The highest BCUT2D eigenvalue weighted by Crippen LogP contribution is 2.30. The molecule has 0 aliphatic carbocycles. The number of nitrogens with zero attached hydrogens (tertiary/aromatic N) is 3. The van der Waals surface area contributed by atoms with Gasteiger partial charge in [0.05, 0.1) is 5.56 Å². The zero-order valence-corrected chi connectivity index (χ0v) is 14.3. The van der Waals surface area contributed by atoms with Crippen LogP contribution >= 0.6 is 0 Å². The van der Waals surface area contributed by atoms with Crippen molar-refractivity contribution in [3.8, 4) is 0 Å². The van der Waals surface area contributed by atoms with E-state index in [9.17, 15) is 4.79 Å². The van der Waals surface area contributed by atoms with E-state index in [-0.39, 0.29) is 11.9 Å². The van der Waals surface area contributed by atoms with E-state index in [0.29, 0.717) is 17.3 Å². The van der Waals surface area contributed by atoms with Crippen LogP contribution in [-0.4, -0.2) is 46.4 Å². The minimum atomic E-state index is 0.0868. The van der Waals surface area contributed by atoms with Gasteiger partial charge in [-0.15, -0.1) is 0 Å². The summed E-state index contributed by atoms with van der Waals surface area (Å²) in [5.74, 6) is 1.08. The van der Waals surface area contributed by atoms with Gasteiger partial charge in [-0.1, -0.05) is 30.3 Å². The van der Waals surface area contributed by atoms with Crippen molar-refractivity contribution in [1.82, 2.24) is 14.8 Å². The maximum atomic E-state index is 12.9. The molecule has 4 heterocycles. The van der Waals surface area contributed by atoms with Crippen molar-refractivity contribution in [2.45, 2.75) is 25.4 Å². The summed E-state index contributed by atoms with van der Waals surface area (Å²) in [5.41, 5.74) is 7.61. The van der Waals surface area contributed by atoms with Gasteiger partial charge in [0.2, 0.25) is 0 Å². The smallest absolute Gasteiger partial charge is 0.255 e. The van der Waals surface area contributed by atoms with Crippen LogP contribution in [0, 0.1) is 5.92 Å². The number of nitrogens with two attached hydrogens (primary N) is 1. The molecule has 0 unspecified atom stereocenters. The Hall–Kier alpha value is -2.40. The monoisotopic (exact) mass is 336 g/mol. The number of fused-ring (bicyclic) bond motifs is 4. The lowest BCUT2D eigenvalue weighted by Crippen LogP contribution is -2.47. The Morgan fingerprint density at radius 1 is 1.08 bits per heavy atom. The number of nitrogen functional groups attached to an aromatic ring is 1. The molecular weight excluding hydrogens is 312 g/mol. The summed E-state index contributed by atoms with van der Waals surface area (Å²) in [6.45, 7) is 3.81. The van der Waals surface area contributed by atoms with Crippen LogP contribution in [0.2, 0.25) is 0 Å². The second-order valence-electron chi connectivity index (χ2n) is 7.21.